The van der Waals surface area contributed by atoms with Gasteiger partial charge in [0.05, 0.1) is 52.6 Å². The van der Waals surface area contributed by atoms with Crippen LogP contribution in [0.15, 0.2) is 55.4 Å². The predicted octanol–water partition coefficient (Wildman–Crippen LogP) is 1.60. The number of halogens is 1. The molecular weight excluding hydrogens is 467 g/mol. The van der Waals surface area contributed by atoms with Crippen molar-refractivity contribution in [2.75, 3.05) is 31.1 Å². The van der Waals surface area contributed by atoms with Crippen molar-refractivity contribution in [1.82, 2.24) is 45.0 Å². The number of carbonyl (C=O) groups is 2. The highest BCUT2D eigenvalue weighted by Gasteiger charge is 2.31. The minimum absolute atomic E-state index is 0.00844. The van der Waals surface area contributed by atoms with Gasteiger partial charge in [-0.2, -0.15) is 5.10 Å². The number of aromatic nitrogens is 8. The van der Waals surface area contributed by atoms with Crippen LogP contribution < -0.4 is 4.90 Å². The van der Waals surface area contributed by atoms with E-state index in [-0.39, 0.29) is 22.3 Å². The first-order valence-electron chi connectivity index (χ1n) is 11.2. The van der Waals surface area contributed by atoms with Gasteiger partial charge in [-0.25, -0.2) is 14.1 Å². The summed E-state index contributed by atoms with van der Waals surface area (Å²) in [5, 5.41) is 14.7. The van der Waals surface area contributed by atoms with Gasteiger partial charge in [0.2, 0.25) is 0 Å². The Morgan fingerprint density at radius 3 is 2.64 bits per heavy atom. The van der Waals surface area contributed by atoms with Crippen molar-refractivity contribution in [3.8, 4) is 17.2 Å². The molecule has 36 heavy (non-hydrogen) atoms. The highest BCUT2D eigenvalue weighted by Crippen LogP contribution is 2.29. The summed E-state index contributed by atoms with van der Waals surface area (Å²) >= 11 is 0. The Balaban J connectivity index is 1.21. The maximum Gasteiger partial charge on any atom is 0.295 e. The molecule has 6 rings (SSSR count). The fraction of sp³-hybridized carbons (Fsp3) is 0.174. The second kappa shape index (κ2) is 8.69. The molecule has 6 heterocycles. The van der Waals surface area contributed by atoms with Gasteiger partial charge in [0.1, 0.15) is 5.69 Å². The van der Waals surface area contributed by atoms with Gasteiger partial charge in [0.15, 0.2) is 11.6 Å². The number of fused-ring (bicyclic) bond motifs is 1. The minimum atomic E-state index is -0.790. The van der Waals surface area contributed by atoms with Gasteiger partial charge in [-0.3, -0.25) is 19.7 Å². The average Bonchev–Trinajstić information content (AvgIpc) is 3.70. The average molecular weight is 486 g/mol. The third-order valence-corrected chi connectivity index (χ3v) is 6.17. The van der Waals surface area contributed by atoms with E-state index >= 15 is 0 Å². The van der Waals surface area contributed by atoms with Crippen molar-refractivity contribution in [1.29, 1.82) is 0 Å². The van der Waals surface area contributed by atoms with E-state index < -0.39 is 17.5 Å². The lowest BCUT2D eigenvalue weighted by Crippen LogP contribution is -2.50. The molecule has 5 aromatic heterocycles. The maximum absolute atomic E-state index is 14.7. The Bertz CT molecular complexity index is 1550. The summed E-state index contributed by atoms with van der Waals surface area (Å²) in [6.07, 6.45) is 8.76. The Morgan fingerprint density at radius 1 is 1.03 bits per heavy atom. The summed E-state index contributed by atoms with van der Waals surface area (Å²) in [5.74, 6) is -1.92. The van der Waals surface area contributed by atoms with Crippen LogP contribution in [-0.2, 0) is 4.79 Å². The number of hydrogen-bond donors (Lipinski definition) is 2. The number of nitrogens with zero attached hydrogens (tertiary/aromatic N) is 8. The SMILES string of the molecule is O=C(C(=O)N1CCN(c2cn[nH]c2-c2ccccn2)CC1)c1c[nH]c2c(-n3ccnn3)ncc(F)c12. The number of pyridine rings is 2. The summed E-state index contributed by atoms with van der Waals surface area (Å²) in [6, 6.07) is 5.62. The van der Waals surface area contributed by atoms with Gasteiger partial charge in [-0.05, 0) is 12.1 Å². The van der Waals surface area contributed by atoms with Crippen molar-refractivity contribution in [2.45, 2.75) is 0 Å². The molecule has 1 amide bonds. The van der Waals surface area contributed by atoms with Crippen LogP contribution in [-0.4, -0.2) is 82.9 Å². The number of Topliss-reactive ketones (excluding diaryl/α,β-unsaturated/α-hetero) is 1. The van der Waals surface area contributed by atoms with E-state index in [1.54, 1.807) is 18.6 Å². The number of ketones is 1. The molecule has 12 nitrogen and oxygen atoms in total. The first kappa shape index (κ1) is 21.6. The van der Waals surface area contributed by atoms with Gasteiger partial charge in [0, 0.05) is 38.6 Å². The molecule has 0 aliphatic carbocycles. The first-order chi connectivity index (χ1) is 17.6. The van der Waals surface area contributed by atoms with E-state index in [4.69, 9.17) is 0 Å². The minimum Gasteiger partial charge on any atom is -0.365 e. The van der Waals surface area contributed by atoms with Crippen molar-refractivity contribution in [3.63, 3.8) is 0 Å². The van der Waals surface area contributed by atoms with Crippen LogP contribution in [0.2, 0.25) is 0 Å². The molecule has 13 heteroatoms. The number of anilines is 1. The van der Waals surface area contributed by atoms with E-state index in [0.29, 0.717) is 26.2 Å². The highest BCUT2D eigenvalue weighted by atomic mass is 19.1. The molecular formula is C23H19FN10O2. The normalized spacial score (nSPS) is 13.9. The molecule has 1 fully saturated rings. The number of carbonyl (C=O) groups excluding carboxylic acids is 2. The van der Waals surface area contributed by atoms with Crippen LogP contribution in [0.4, 0.5) is 10.1 Å². The molecule has 0 aromatic carbocycles. The zero-order valence-corrected chi connectivity index (χ0v) is 18.8. The third kappa shape index (κ3) is 3.57. The fourth-order valence-corrected chi connectivity index (χ4v) is 4.40. The summed E-state index contributed by atoms with van der Waals surface area (Å²) in [7, 11) is 0. The van der Waals surface area contributed by atoms with Gasteiger partial charge in [0.25, 0.3) is 11.7 Å². The Morgan fingerprint density at radius 2 is 1.89 bits per heavy atom. The fourth-order valence-electron chi connectivity index (χ4n) is 4.40. The van der Waals surface area contributed by atoms with E-state index in [0.717, 1.165) is 23.3 Å². The third-order valence-electron chi connectivity index (χ3n) is 6.17. The molecule has 0 radical (unpaired) electrons. The number of rotatable bonds is 5. The van der Waals surface area contributed by atoms with E-state index in [1.165, 1.54) is 22.0 Å². The maximum atomic E-state index is 14.7. The van der Waals surface area contributed by atoms with Crippen molar-refractivity contribution >= 4 is 28.3 Å². The van der Waals surface area contributed by atoms with Crippen molar-refractivity contribution in [3.05, 3.63) is 66.8 Å². The Kier molecular flexibility index (Phi) is 5.21. The molecule has 0 saturated carbocycles. The molecule has 0 spiro atoms. The molecule has 0 bridgehead atoms. The largest absolute Gasteiger partial charge is 0.365 e. The van der Waals surface area contributed by atoms with Crippen LogP contribution >= 0.6 is 0 Å². The summed E-state index contributed by atoms with van der Waals surface area (Å²) in [6.45, 7) is 1.66. The van der Waals surface area contributed by atoms with E-state index in [2.05, 4.69) is 40.4 Å². The van der Waals surface area contributed by atoms with E-state index in [1.807, 2.05) is 18.2 Å². The summed E-state index contributed by atoms with van der Waals surface area (Å²) < 4.78 is 16.1. The number of hydrogen-bond acceptors (Lipinski definition) is 8. The topological polar surface area (TPSA) is 142 Å². The lowest BCUT2D eigenvalue weighted by molar-refractivity contribution is -0.126. The van der Waals surface area contributed by atoms with Gasteiger partial charge in [-0.1, -0.05) is 11.3 Å². The second-order valence-electron chi connectivity index (χ2n) is 8.18. The first-order valence-corrected chi connectivity index (χ1v) is 11.2. The van der Waals surface area contributed by atoms with Crippen LogP contribution in [0.3, 0.4) is 0 Å². The number of H-pyrrole nitrogens is 2. The standard InChI is InChI=1S/C23H19FN10O2/c24-15-12-27-22(34-6-5-28-31-34)20-18(15)14(11-26-20)21(35)23(36)33-9-7-32(8-10-33)17-13-29-30-19(17)16-3-1-2-4-25-16/h1-6,11-13,26H,7-10H2,(H,29,30). The molecule has 1 aliphatic rings. The van der Waals surface area contributed by atoms with Gasteiger partial charge in [-0.15, -0.1) is 5.10 Å². The molecule has 1 aliphatic heterocycles. The van der Waals surface area contributed by atoms with Crippen LogP contribution in [0.1, 0.15) is 10.4 Å². The Labute approximate surface area is 202 Å². The molecule has 0 unspecified atom stereocenters. The van der Waals surface area contributed by atoms with Crippen molar-refractivity contribution in [2.24, 2.45) is 0 Å². The Hall–Kier alpha value is -4.94. The molecule has 180 valence electrons. The molecule has 2 N–H and O–H groups in total. The second-order valence-corrected chi connectivity index (χ2v) is 8.18. The van der Waals surface area contributed by atoms with Crippen LogP contribution in [0.5, 0.6) is 0 Å². The smallest absolute Gasteiger partial charge is 0.295 e. The number of piperazine rings is 1. The lowest BCUT2D eigenvalue weighted by atomic mass is 10.1. The zero-order valence-electron chi connectivity index (χ0n) is 18.8. The predicted molar refractivity (Wildman–Crippen MR) is 126 cm³/mol. The quantitative estimate of drug-likeness (QED) is 0.282. The highest BCUT2D eigenvalue weighted by molar-refractivity contribution is 6.45. The van der Waals surface area contributed by atoms with Crippen LogP contribution in [0, 0.1) is 5.82 Å². The molecule has 5 aromatic rings. The monoisotopic (exact) mass is 486 g/mol. The summed E-state index contributed by atoms with van der Waals surface area (Å²) in [5.41, 5.74) is 2.63. The van der Waals surface area contributed by atoms with Crippen molar-refractivity contribution < 1.29 is 14.0 Å². The lowest BCUT2D eigenvalue weighted by Gasteiger charge is -2.35. The van der Waals surface area contributed by atoms with E-state index in [9.17, 15) is 14.0 Å². The zero-order chi connectivity index (χ0) is 24.6. The number of amides is 1. The molecule has 1 saturated heterocycles. The van der Waals surface area contributed by atoms with Gasteiger partial charge >= 0.3 is 0 Å². The molecule has 0 atom stereocenters. The summed E-state index contributed by atoms with van der Waals surface area (Å²) in [4.78, 5) is 41.1. The number of aromatic amines is 2. The van der Waals surface area contributed by atoms with Gasteiger partial charge < -0.3 is 14.8 Å². The van der Waals surface area contributed by atoms with Crippen LogP contribution in [0.25, 0.3) is 28.1 Å². The number of nitrogens with one attached hydrogen (secondary N) is 2.